The molecule has 0 heterocycles. The summed E-state index contributed by atoms with van der Waals surface area (Å²) in [7, 11) is -0.328. The number of para-hydroxylation sites is 1. The molecule has 0 unspecified atom stereocenters. The van der Waals surface area contributed by atoms with Crippen LogP contribution in [0.3, 0.4) is 0 Å². The summed E-state index contributed by atoms with van der Waals surface area (Å²) in [6.45, 7) is 2.11. The number of rotatable bonds is 8. The van der Waals surface area contributed by atoms with E-state index in [1.807, 2.05) is 55.5 Å². The summed E-state index contributed by atoms with van der Waals surface area (Å²) in [4.78, 5) is 0. The highest BCUT2D eigenvalue weighted by atomic mass is 32.2. The molecule has 0 radical (unpaired) electrons. The van der Waals surface area contributed by atoms with Gasteiger partial charge >= 0.3 is 0 Å². The normalized spacial score (nSPS) is 12.8. The molecule has 2 rings (SSSR count). The second-order valence-electron chi connectivity index (χ2n) is 5.56. The SMILES string of the molecule is COc1ccccc1[C@H](CNS(=O)(=O)Cc1ccc(C)cc1)OC. The quantitative estimate of drug-likeness (QED) is 0.796. The van der Waals surface area contributed by atoms with Gasteiger partial charge in [-0.25, -0.2) is 13.1 Å². The van der Waals surface area contributed by atoms with Crippen molar-refractivity contribution >= 4 is 10.0 Å². The van der Waals surface area contributed by atoms with Crippen molar-refractivity contribution in [1.29, 1.82) is 0 Å². The van der Waals surface area contributed by atoms with E-state index in [1.165, 1.54) is 0 Å². The molecule has 0 spiro atoms. The van der Waals surface area contributed by atoms with Crippen LogP contribution in [0.5, 0.6) is 5.75 Å². The number of ether oxygens (including phenoxy) is 2. The maximum Gasteiger partial charge on any atom is 0.215 e. The molecule has 2 aromatic carbocycles. The van der Waals surface area contributed by atoms with E-state index in [1.54, 1.807) is 14.2 Å². The summed E-state index contributed by atoms with van der Waals surface area (Å²) in [5.41, 5.74) is 2.65. The fourth-order valence-electron chi connectivity index (χ4n) is 2.41. The number of aryl methyl sites for hydroxylation is 1. The van der Waals surface area contributed by atoms with Gasteiger partial charge in [-0.3, -0.25) is 0 Å². The predicted molar refractivity (Wildman–Crippen MR) is 94.5 cm³/mol. The Hall–Kier alpha value is -1.89. The number of nitrogens with one attached hydrogen (secondary N) is 1. The third-order valence-electron chi connectivity index (χ3n) is 3.74. The first-order chi connectivity index (χ1) is 11.4. The summed E-state index contributed by atoms with van der Waals surface area (Å²) >= 11 is 0. The van der Waals surface area contributed by atoms with Crippen molar-refractivity contribution < 1.29 is 17.9 Å². The van der Waals surface area contributed by atoms with Gasteiger partial charge < -0.3 is 9.47 Å². The molecule has 0 saturated carbocycles. The zero-order valence-corrected chi connectivity index (χ0v) is 15.0. The van der Waals surface area contributed by atoms with Crippen LogP contribution < -0.4 is 9.46 Å². The van der Waals surface area contributed by atoms with Crippen LogP contribution in [-0.4, -0.2) is 29.2 Å². The van der Waals surface area contributed by atoms with Crippen molar-refractivity contribution in [1.82, 2.24) is 4.72 Å². The molecule has 0 aromatic heterocycles. The summed E-state index contributed by atoms with van der Waals surface area (Å²) in [5.74, 6) is 0.609. The van der Waals surface area contributed by atoms with Gasteiger partial charge in [-0.2, -0.15) is 0 Å². The molecule has 1 atom stereocenters. The molecule has 130 valence electrons. The lowest BCUT2D eigenvalue weighted by Crippen LogP contribution is -2.30. The van der Waals surface area contributed by atoms with E-state index in [0.29, 0.717) is 5.75 Å². The molecule has 0 aliphatic heterocycles. The molecule has 0 aliphatic carbocycles. The zero-order valence-electron chi connectivity index (χ0n) is 14.2. The molecule has 0 fully saturated rings. The maximum atomic E-state index is 12.3. The van der Waals surface area contributed by atoms with Crippen molar-refractivity contribution in [3.8, 4) is 5.75 Å². The van der Waals surface area contributed by atoms with Gasteiger partial charge in [0.25, 0.3) is 0 Å². The minimum absolute atomic E-state index is 0.0599. The van der Waals surface area contributed by atoms with Crippen LogP contribution in [0.4, 0.5) is 0 Å². The predicted octanol–water partition coefficient (Wildman–Crippen LogP) is 2.81. The topological polar surface area (TPSA) is 64.6 Å². The number of methoxy groups -OCH3 is 2. The van der Waals surface area contributed by atoms with Gasteiger partial charge in [0.05, 0.1) is 19.0 Å². The molecule has 6 heteroatoms. The number of sulfonamides is 1. The third kappa shape index (κ3) is 5.06. The van der Waals surface area contributed by atoms with Crippen LogP contribution in [0, 0.1) is 6.92 Å². The number of hydrogen-bond acceptors (Lipinski definition) is 4. The Morgan fingerprint density at radius 1 is 1.04 bits per heavy atom. The van der Waals surface area contributed by atoms with Crippen LogP contribution in [0.1, 0.15) is 22.8 Å². The molecule has 1 N–H and O–H groups in total. The van der Waals surface area contributed by atoms with E-state index < -0.39 is 16.1 Å². The maximum absolute atomic E-state index is 12.3. The highest BCUT2D eigenvalue weighted by molar-refractivity contribution is 7.88. The Morgan fingerprint density at radius 2 is 1.71 bits per heavy atom. The molecule has 0 amide bonds. The Bertz CT molecular complexity index is 757. The van der Waals surface area contributed by atoms with Crippen molar-refractivity contribution in [2.24, 2.45) is 0 Å². The van der Waals surface area contributed by atoms with E-state index in [9.17, 15) is 8.42 Å². The van der Waals surface area contributed by atoms with E-state index in [2.05, 4.69) is 4.72 Å². The van der Waals surface area contributed by atoms with Gasteiger partial charge in [-0.15, -0.1) is 0 Å². The van der Waals surface area contributed by atoms with Crippen molar-refractivity contribution in [3.05, 3.63) is 65.2 Å². The van der Waals surface area contributed by atoms with Gasteiger partial charge in [-0.1, -0.05) is 48.0 Å². The first-order valence-electron chi connectivity index (χ1n) is 7.64. The second kappa shape index (κ2) is 8.28. The smallest absolute Gasteiger partial charge is 0.215 e. The van der Waals surface area contributed by atoms with Crippen molar-refractivity contribution in [2.75, 3.05) is 20.8 Å². The van der Waals surface area contributed by atoms with Gasteiger partial charge in [0.15, 0.2) is 0 Å². The summed E-state index contributed by atoms with van der Waals surface area (Å²) < 4.78 is 37.9. The molecule has 5 nitrogen and oxygen atoms in total. The lowest BCUT2D eigenvalue weighted by Gasteiger charge is -2.19. The van der Waals surface area contributed by atoms with E-state index >= 15 is 0 Å². The van der Waals surface area contributed by atoms with Gasteiger partial charge in [-0.05, 0) is 18.6 Å². The van der Waals surface area contributed by atoms with Crippen LogP contribution >= 0.6 is 0 Å². The highest BCUT2D eigenvalue weighted by Gasteiger charge is 2.19. The van der Waals surface area contributed by atoms with Gasteiger partial charge in [0.1, 0.15) is 5.75 Å². The first kappa shape index (κ1) is 18.4. The second-order valence-corrected chi connectivity index (χ2v) is 7.37. The van der Waals surface area contributed by atoms with E-state index in [4.69, 9.17) is 9.47 Å². The molecule has 2 aromatic rings. The molecular formula is C18H23NO4S. The Morgan fingerprint density at radius 3 is 2.33 bits per heavy atom. The van der Waals surface area contributed by atoms with Gasteiger partial charge in [0.2, 0.25) is 10.0 Å². The number of hydrogen-bond donors (Lipinski definition) is 1. The monoisotopic (exact) mass is 349 g/mol. The molecule has 0 saturated heterocycles. The summed E-state index contributed by atoms with van der Waals surface area (Å²) in [5, 5.41) is 0. The van der Waals surface area contributed by atoms with Crippen molar-refractivity contribution in [3.63, 3.8) is 0 Å². The molecule has 0 bridgehead atoms. The van der Waals surface area contributed by atoms with Crippen molar-refractivity contribution in [2.45, 2.75) is 18.8 Å². The average Bonchev–Trinajstić information content (AvgIpc) is 2.57. The molecular weight excluding hydrogens is 326 g/mol. The highest BCUT2D eigenvalue weighted by Crippen LogP contribution is 2.26. The van der Waals surface area contributed by atoms with E-state index in [-0.39, 0.29) is 12.3 Å². The van der Waals surface area contributed by atoms with Gasteiger partial charge in [0, 0.05) is 19.2 Å². The zero-order chi connectivity index (χ0) is 17.6. The Balaban J connectivity index is 2.05. The fraction of sp³-hybridized carbons (Fsp3) is 0.333. The Kier molecular flexibility index (Phi) is 6.36. The lowest BCUT2D eigenvalue weighted by atomic mass is 10.1. The first-order valence-corrected chi connectivity index (χ1v) is 9.29. The van der Waals surface area contributed by atoms with Crippen LogP contribution in [0.15, 0.2) is 48.5 Å². The summed E-state index contributed by atoms with van der Waals surface area (Å²) in [6, 6.07) is 14.9. The van der Waals surface area contributed by atoms with Crippen LogP contribution in [0.25, 0.3) is 0 Å². The van der Waals surface area contributed by atoms with Crippen LogP contribution in [0.2, 0.25) is 0 Å². The minimum Gasteiger partial charge on any atom is -0.496 e. The number of benzene rings is 2. The fourth-order valence-corrected chi connectivity index (χ4v) is 3.55. The molecule has 24 heavy (non-hydrogen) atoms. The lowest BCUT2D eigenvalue weighted by molar-refractivity contribution is 0.105. The average molecular weight is 349 g/mol. The largest absolute Gasteiger partial charge is 0.496 e. The molecule has 0 aliphatic rings. The van der Waals surface area contributed by atoms with E-state index in [0.717, 1.165) is 16.7 Å². The minimum atomic E-state index is -3.45. The third-order valence-corrected chi connectivity index (χ3v) is 5.06. The Labute approximate surface area is 143 Å². The summed E-state index contributed by atoms with van der Waals surface area (Å²) in [6.07, 6.45) is -0.422. The standard InChI is InChI=1S/C18H23NO4S/c1-14-8-10-15(11-9-14)13-24(20,21)19-12-18(23-3)16-6-4-5-7-17(16)22-2/h4-11,18-19H,12-13H2,1-3H3/t18-/m0/s1. The van der Waals surface area contributed by atoms with Crippen LogP contribution in [-0.2, 0) is 20.5 Å².